The first-order valence-electron chi connectivity index (χ1n) is 5.81. The summed E-state index contributed by atoms with van der Waals surface area (Å²) in [5, 5.41) is 5.46. The highest BCUT2D eigenvalue weighted by Gasteiger charge is 2.20. The lowest BCUT2D eigenvalue weighted by atomic mass is 10.2. The summed E-state index contributed by atoms with van der Waals surface area (Å²) in [5.74, 6) is 0.502. The minimum atomic E-state index is -0.303. The third kappa shape index (κ3) is 2.46. The Kier molecular flexibility index (Phi) is 3.08. The number of thiocarbonyl (C=S) groups is 1. The lowest BCUT2D eigenvalue weighted by molar-refractivity contribution is -0.115. The van der Waals surface area contributed by atoms with Crippen LogP contribution in [0.3, 0.4) is 0 Å². The number of nitrogens with one attached hydrogen (secondary N) is 2. The standard InChI is InChI=1S/C14H9FN2O2S/c15-9-3-1-8(2-4-9)12-6-5-10(19-12)7-11-13(18)17-14(20)16-11/h1-7H,(H2,16,17,18,20)/b11-7-. The first kappa shape index (κ1) is 12.6. The molecule has 0 spiro atoms. The van der Waals surface area contributed by atoms with Gasteiger partial charge in [-0.05, 0) is 48.6 Å². The van der Waals surface area contributed by atoms with Crippen molar-refractivity contribution in [3.05, 3.63) is 53.7 Å². The Balaban J connectivity index is 1.87. The molecule has 2 aromatic rings. The van der Waals surface area contributed by atoms with Crippen molar-refractivity contribution in [2.45, 2.75) is 0 Å². The van der Waals surface area contributed by atoms with Crippen LogP contribution in [0.15, 0.2) is 46.5 Å². The molecule has 1 amide bonds. The lowest BCUT2D eigenvalue weighted by Gasteiger charge is -1.96. The molecule has 1 aliphatic heterocycles. The number of hydrogen-bond acceptors (Lipinski definition) is 3. The molecule has 0 unspecified atom stereocenters. The second kappa shape index (κ2) is 4.90. The van der Waals surface area contributed by atoms with Gasteiger partial charge < -0.3 is 9.73 Å². The van der Waals surface area contributed by atoms with Crippen molar-refractivity contribution in [1.82, 2.24) is 10.6 Å². The maximum absolute atomic E-state index is 12.9. The zero-order valence-corrected chi connectivity index (χ0v) is 11.0. The Morgan fingerprint density at radius 2 is 1.85 bits per heavy atom. The van der Waals surface area contributed by atoms with Gasteiger partial charge in [-0.15, -0.1) is 0 Å². The minimum absolute atomic E-state index is 0.270. The monoisotopic (exact) mass is 288 g/mol. The Morgan fingerprint density at radius 1 is 1.10 bits per heavy atom. The van der Waals surface area contributed by atoms with Gasteiger partial charge >= 0.3 is 0 Å². The van der Waals surface area contributed by atoms with Gasteiger partial charge in [-0.2, -0.15) is 0 Å². The summed E-state index contributed by atoms with van der Waals surface area (Å²) in [6, 6.07) is 9.45. The number of halogens is 1. The summed E-state index contributed by atoms with van der Waals surface area (Å²) in [5.41, 5.74) is 1.09. The van der Waals surface area contributed by atoms with Crippen LogP contribution in [0.25, 0.3) is 17.4 Å². The lowest BCUT2D eigenvalue weighted by Crippen LogP contribution is -2.21. The molecule has 1 aromatic heterocycles. The van der Waals surface area contributed by atoms with Gasteiger partial charge in [0.1, 0.15) is 23.0 Å². The van der Waals surface area contributed by atoms with E-state index in [1.54, 1.807) is 30.3 Å². The van der Waals surface area contributed by atoms with Crippen LogP contribution < -0.4 is 10.6 Å². The molecule has 1 saturated heterocycles. The van der Waals surface area contributed by atoms with E-state index in [2.05, 4.69) is 10.6 Å². The van der Waals surface area contributed by atoms with Gasteiger partial charge in [0.25, 0.3) is 5.91 Å². The minimum Gasteiger partial charge on any atom is -0.457 e. The van der Waals surface area contributed by atoms with Gasteiger partial charge in [-0.1, -0.05) is 0 Å². The SMILES string of the molecule is O=C1NC(=S)N/C1=C\c1ccc(-c2ccc(F)cc2)o1. The summed E-state index contributed by atoms with van der Waals surface area (Å²) in [6.45, 7) is 0. The molecule has 0 radical (unpaired) electrons. The molecule has 6 heteroatoms. The van der Waals surface area contributed by atoms with E-state index in [1.165, 1.54) is 12.1 Å². The summed E-state index contributed by atoms with van der Waals surface area (Å²) in [6.07, 6.45) is 1.56. The number of furan rings is 1. The zero-order valence-electron chi connectivity index (χ0n) is 10.1. The smallest absolute Gasteiger partial charge is 0.274 e. The molecule has 0 atom stereocenters. The van der Waals surface area contributed by atoms with E-state index in [4.69, 9.17) is 16.6 Å². The normalized spacial score (nSPS) is 16.4. The molecule has 2 heterocycles. The van der Waals surface area contributed by atoms with Crippen molar-refractivity contribution in [1.29, 1.82) is 0 Å². The van der Waals surface area contributed by atoms with Gasteiger partial charge in [0.2, 0.25) is 0 Å². The van der Waals surface area contributed by atoms with E-state index in [9.17, 15) is 9.18 Å². The van der Waals surface area contributed by atoms with Crippen LogP contribution in [-0.4, -0.2) is 11.0 Å². The highest BCUT2D eigenvalue weighted by molar-refractivity contribution is 7.80. The van der Waals surface area contributed by atoms with Crippen LogP contribution in [0, 0.1) is 5.82 Å². The number of hydrogen-bond donors (Lipinski definition) is 2. The van der Waals surface area contributed by atoms with Crippen LogP contribution >= 0.6 is 12.2 Å². The van der Waals surface area contributed by atoms with Crippen LogP contribution in [0.4, 0.5) is 4.39 Å². The quantitative estimate of drug-likeness (QED) is 0.658. The molecule has 2 N–H and O–H groups in total. The molecule has 1 fully saturated rings. The van der Waals surface area contributed by atoms with E-state index in [1.807, 2.05) is 0 Å². The number of carbonyl (C=O) groups is 1. The average molecular weight is 288 g/mol. The first-order chi connectivity index (χ1) is 9.61. The largest absolute Gasteiger partial charge is 0.457 e. The number of amides is 1. The molecule has 0 bridgehead atoms. The van der Waals surface area contributed by atoms with Crippen LogP contribution in [0.5, 0.6) is 0 Å². The van der Waals surface area contributed by atoms with E-state index >= 15 is 0 Å². The van der Waals surface area contributed by atoms with Crippen molar-refractivity contribution in [3.63, 3.8) is 0 Å². The average Bonchev–Trinajstić information content (AvgIpc) is 2.98. The maximum atomic E-state index is 12.9. The highest BCUT2D eigenvalue weighted by atomic mass is 32.1. The molecule has 1 aromatic carbocycles. The fraction of sp³-hybridized carbons (Fsp3) is 0. The van der Waals surface area contributed by atoms with Gasteiger partial charge in [0, 0.05) is 11.6 Å². The zero-order chi connectivity index (χ0) is 14.1. The molecule has 20 heavy (non-hydrogen) atoms. The van der Waals surface area contributed by atoms with Crippen molar-refractivity contribution in [2.75, 3.05) is 0 Å². The van der Waals surface area contributed by atoms with E-state index in [0.717, 1.165) is 5.56 Å². The Hall–Kier alpha value is -2.47. The van der Waals surface area contributed by atoms with Crippen molar-refractivity contribution in [2.24, 2.45) is 0 Å². The molecule has 1 aliphatic rings. The third-order valence-corrected chi connectivity index (χ3v) is 2.97. The van der Waals surface area contributed by atoms with Crippen LogP contribution in [-0.2, 0) is 4.79 Å². The van der Waals surface area contributed by atoms with Gasteiger partial charge in [-0.3, -0.25) is 10.1 Å². The predicted octanol–water partition coefficient (Wildman–Crippen LogP) is 2.43. The second-order valence-corrected chi connectivity index (χ2v) is 4.58. The highest BCUT2D eigenvalue weighted by Crippen LogP contribution is 2.23. The Labute approximate surface area is 119 Å². The van der Waals surface area contributed by atoms with E-state index in [0.29, 0.717) is 17.2 Å². The fourth-order valence-corrected chi connectivity index (χ4v) is 2.03. The molecular weight excluding hydrogens is 279 g/mol. The van der Waals surface area contributed by atoms with Gasteiger partial charge in [0.15, 0.2) is 5.11 Å². The maximum Gasteiger partial charge on any atom is 0.274 e. The summed E-state index contributed by atoms with van der Waals surface area (Å²) >= 11 is 4.83. The molecule has 100 valence electrons. The Morgan fingerprint density at radius 3 is 2.50 bits per heavy atom. The molecular formula is C14H9FN2O2S. The van der Waals surface area contributed by atoms with E-state index < -0.39 is 0 Å². The molecule has 0 saturated carbocycles. The molecule has 4 nitrogen and oxygen atoms in total. The van der Waals surface area contributed by atoms with Crippen LogP contribution in [0.2, 0.25) is 0 Å². The van der Waals surface area contributed by atoms with Gasteiger partial charge in [-0.25, -0.2) is 4.39 Å². The van der Waals surface area contributed by atoms with Gasteiger partial charge in [0.05, 0.1) is 0 Å². The van der Waals surface area contributed by atoms with Crippen LogP contribution in [0.1, 0.15) is 5.76 Å². The summed E-state index contributed by atoms with van der Waals surface area (Å²) < 4.78 is 18.4. The molecule has 0 aliphatic carbocycles. The van der Waals surface area contributed by atoms with Crippen molar-refractivity contribution >= 4 is 29.3 Å². The first-order valence-corrected chi connectivity index (χ1v) is 6.22. The number of benzene rings is 1. The topological polar surface area (TPSA) is 54.3 Å². The summed E-state index contributed by atoms with van der Waals surface area (Å²) in [7, 11) is 0. The van der Waals surface area contributed by atoms with Crippen molar-refractivity contribution < 1.29 is 13.6 Å². The number of carbonyl (C=O) groups excluding carboxylic acids is 1. The third-order valence-electron chi connectivity index (χ3n) is 2.76. The Bertz CT molecular complexity index is 719. The summed E-state index contributed by atoms with van der Waals surface area (Å²) in [4.78, 5) is 11.5. The number of rotatable bonds is 2. The predicted molar refractivity (Wildman–Crippen MR) is 76.0 cm³/mol. The fourth-order valence-electron chi connectivity index (χ4n) is 1.82. The van der Waals surface area contributed by atoms with E-state index in [-0.39, 0.29) is 16.8 Å². The second-order valence-electron chi connectivity index (χ2n) is 4.18. The van der Waals surface area contributed by atoms with Crippen molar-refractivity contribution in [3.8, 4) is 11.3 Å². The molecule has 3 rings (SSSR count).